The molecule has 1 aromatic heterocycles. The van der Waals surface area contributed by atoms with E-state index in [0.717, 1.165) is 24.6 Å². The highest BCUT2D eigenvalue weighted by Crippen LogP contribution is 2.33. The summed E-state index contributed by atoms with van der Waals surface area (Å²) in [7, 11) is 1.83. The van der Waals surface area contributed by atoms with Crippen LogP contribution in [0.4, 0.5) is 0 Å². The smallest absolute Gasteiger partial charge is 0.264 e. The van der Waals surface area contributed by atoms with Gasteiger partial charge in [-0.25, -0.2) is 8.42 Å². The van der Waals surface area contributed by atoms with Gasteiger partial charge in [-0.15, -0.1) is 0 Å². The first-order valence-corrected chi connectivity index (χ1v) is 8.81. The van der Waals surface area contributed by atoms with Crippen LogP contribution in [0.25, 0.3) is 0 Å². The van der Waals surface area contributed by atoms with Crippen LogP contribution in [0.3, 0.4) is 0 Å². The standard InChI is InChI=1S/C12H19ClN2O2S/c1-3-10-12(18(13,16)17)11(4-2)15(14-10)8-7-9-5-6-9/h9H,3-8H2,1-2H3. The molecule has 102 valence electrons. The van der Waals surface area contributed by atoms with Gasteiger partial charge < -0.3 is 0 Å². The lowest BCUT2D eigenvalue weighted by Crippen LogP contribution is -2.06. The molecular formula is C12H19ClN2O2S. The van der Waals surface area contributed by atoms with Crippen LogP contribution in [0.1, 0.15) is 44.5 Å². The fourth-order valence-electron chi connectivity index (χ4n) is 2.29. The number of halogens is 1. The van der Waals surface area contributed by atoms with Gasteiger partial charge in [0.25, 0.3) is 9.05 Å². The maximum absolute atomic E-state index is 11.7. The quantitative estimate of drug-likeness (QED) is 0.757. The van der Waals surface area contributed by atoms with Crippen molar-refractivity contribution in [3.63, 3.8) is 0 Å². The molecule has 0 N–H and O–H groups in total. The Balaban J connectivity index is 2.36. The van der Waals surface area contributed by atoms with Crippen molar-refractivity contribution in [2.45, 2.75) is 57.4 Å². The van der Waals surface area contributed by atoms with E-state index in [1.807, 2.05) is 18.5 Å². The SMILES string of the molecule is CCc1nn(CCC2CC2)c(CC)c1S(=O)(=O)Cl. The molecule has 1 fully saturated rings. The maximum Gasteiger partial charge on any atom is 0.264 e. The summed E-state index contributed by atoms with van der Waals surface area (Å²) >= 11 is 0. The van der Waals surface area contributed by atoms with Crippen molar-refractivity contribution in [1.82, 2.24) is 9.78 Å². The van der Waals surface area contributed by atoms with Gasteiger partial charge >= 0.3 is 0 Å². The number of nitrogens with zero attached hydrogens (tertiary/aromatic N) is 2. The third kappa shape index (κ3) is 2.88. The average Bonchev–Trinajstić information content (AvgIpc) is 3.04. The first kappa shape index (κ1) is 13.9. The Hall–Kier alpha value is -0.550. The average molecular weight is 291 g/mol. The van der Waals surface area contributed by atoms with E-state index in [1.54, 1.807) is 0 Å². The van der Waals surface area contributed by atoms with Crippen LogP contribution in [0.5, 0.6) is 0 Å². The van der Waals surface area contributed by atoms with E-state index in [-0.39, 0.29) is 4.90 Å². The molecule has 1 aromatic rings. The molecular weight excluding hydrogens is 272 g/mol. The molecule has 1 aliphatic rings. The maximum atomic E-state index is 11.7. The summed E-state index contributed by atoms with van der Waals surface area (Å²) in [6.45, 7) is 4.64. The van der Waals surface area contributed by atoms with Crippen molar-refractivity contribution in [3.8, 4) is 0 Å². The number of aryl methyl sites for hydroxylation is 2. The molecule has 0 unspecified atom stereocenters. The van der Waals surface area contributed by atoms with Crippen molar-refractivity contribution in [2.24, 2.45) is 5.92 Å². The van der Waals surface area contributed by atoms with Crippen LogP contribution in [0.2, 0.25) is 0 Å². The molecule has 0 spiro atoms. The minimum absolute atomic E-state index is 0.241. The second-order valence-electron chi connectivity index (χ2n) is 4.82. The van der Waals surface area contributed by atoms with Crippen molar-refractivity contribution < 1.29 is 8.42 Å². The van der Waals surface area contributed by atoms with Crippen LogP contribution in [-0.2, 0) is 28.4 Å². The second kappa shape index (κ2) is 5.21. The van der Waals surface area contributed by atoms with Gasteiger partial charge in [0.1, 0.15) is 4.90 Å². The Morgan fingerprint density at radius 2 is 2.00 bits per heavy atom. The van der Waals surface area contributed by atoms with E-state index in [2.05, 4.69) is 5.10 Å². The molecule has 0 saturated heterocycles. The van der Waals surface area contributed by atoms with E-state index in [9.17, 15) is 8.42 Å². The number of hydrogen-bond acceptors (Lipinski definition) is 3. The normalized spacial score (nSPS) is 16.2. The highest BCUT2D eigenvalue weighted by Gasteiger charge is 2.27. The van der Waals surface area contributed by atoms with E-state index in [1.165, 1.54) is 12.8 Å². The number of rotatable bonds is 6. The predicted molar refractivity (Wildman–Crippen MR) is 71.4 cm³/mol. The van der Waals surface area contributed by atoms with Crippen LogP contribution >= 0.6 is 10.7 Å². The van der Waals surface area contributed by atoms with Crippen LogP contribution in [-0.4, -0.2) is 18.2 Å². The van der Waals surface area contributed by atoms with Gasteiger partial charge in [0.2, 0.25) is 0 Å². The molecule has 0 aliphatic heterocycles. The minimum Gasteiger partial charge on any atom is -0.268 e. The van der Waals surface area contributed by atoms with Crippen molar-refractivity contribution >= 4 is 19.7 Å². The van der Waals surface area contributed by atoms with Crippen LogP contribution < -0.4 is 0 Å². The predicted octanol–water partition coefficient (Wildman–Crippen LogP) is 2.74. The first-order chi connectivity index (χ1) is 8.47. The first-order valence-electron chi connectivity index (χ1n) is 6.50. The summed E-state index contributed by atoms with van der Waals surface area (Å²) in [5.74, 6) is 0.806. The topological polar surface area (TPSA) is 52.0 Å². The molecule has 0 aromatic carbocycles. The van der Waals surface area contributed by atoms with Crippen molar-refractivity contribution in [1.29, 1.82) is 0 Å². The number of aromatic nitrogens is 2. The molecule has 0 bridgehead atoms. The molecule has 0 radical (unpaired) electrons. The molecule has 1 saturated carbocycles. The molecule has 2 rings (SSSR count). The Labute approximate surface area is 113 Å². The van der Waals surface area contributed by atoms with Gasteiger partial charge in [0.15, 0.2) is 0 Å². The zero-order valence-electron chi connectivity index (χ0n) is 10.8. The van der Waals surface area contributed by atoms with Crippen molar-refractivity contribution in [2.75, 3.05) is 0 Å². The minimum atomic E-state index is -3.70. The van der Waals surface area contributed by atoms with Gasteiger partial charge in [0, 0.05) is 17.2 Å². The second-order valence-corrected chi connectivity index (χ2v) is 7.33. The molecule has 0 atom stereocenters. The summed E-state index contributed by atoms with van der Waals surface area (Å²) in [5.41, 5.74) is 1.35. The Kier molecular flexibility index (Phi) is 4.02. The largest absolute Gasteiger partial charge is 0.268 e. The zero-order chi connectivity index (χ0) is 13.3. The fourth-order valence-corrected chi connectivity index (χ4v) is 3.82. The molecule has 4 nitrogen and oxygen atoms in total. The Bertz CT molecular complexity index is 533. The fraction of sp³-hybridized carbons (Fsp3) is 0.750. The molecule has 6 heteroatoms. The Morgan fingerprint density at radius 3 is 2.44 bits per heavy atom. The summed E-state index contributed by atoms with van der Waals surface area (Å²) in [6, 6.07) is 0. The summed E-state index contributed by atoms with van der Waals surface area (Å²) in [5, 5.41) is 4.42. The molecule has 1 aliphatic carbocycles. The third-order valence-corrected chi connectivity index (χ3v) is 4.86. The molecule has 18 heavy (non-hydrogen) atoms. The summed E-state index contributed by atoms with van der Waals surface area (Å²) in [4.78, 5) is 0.241. The van der Waals surface area contributed by atoms with E-state index in [0.29, 0.717) is 18.5 Å². The Morgan fingerprint density at radius 1 is 1.33 bits per heavy atom. The third-order valence-electron chi connectivity index (χ3n) is 3.44. The lowest BCUT2D eigenvalue weighted by Gasteiger charge is -2.05. The van der Waals surface area contributed by atoms with Gasteiger partial charge in [-0.1, -0.05) is 26.7 Å². The monoisotopic (exact) mass is 290 g/mol. The summed E-state index contributed by atoms with van der Waals surface area (Å²) in [6.07, 6.45) is 4.90. The van der Waals surface area contributed by atoms with Gasteiger partial charge in [-0.2, -0.15) is 5.10 Å². The van der Waals surface area contributed by atoms with Crippen molar-refractivity contribution in [3.05, 3.63) is 11.4 Å². The van der Waals surface area contributed by atoms with E-state index < -0.39 is 9.05 Å². The van der Waals surface area contributed by atoms with Crippen LogP contribution in [0, 0.1) is 5.92 Å². The van der Waals surface area contributed by atoms with Gasteiger partial charge in [-0.05, 0) is 25.2 Å². The van der Waals surface area contributed by atoms with Gasteiger partial charge in [-0.3, -0.25) is 4.68 Å². The van der Waals surface area contributed by atoms with E-state index >= 15 is 0 Å². The lowest BCUT2D eigenvalue weighted by atomic mass is 10.2. The zero-order valence-corrected chi connectivity index (χ0v) is 12.4. The summed E-state index contributed by atoms with van der Waals surface area (Å²) < 4.78 is 25.2. The molecule has 0 amide bonds. The van der Waals surface area contributed by atoms with Crippen LogP contribution in [0.15, 0.2) is 4.90 Å². The highest BCUT2D eigenvalue weighted by molar-refractivity contribution is 8.13. The highest BCUT2D eigenvalue weighted by atomic mass is 35.7. The van der Waals surface area contributed by atoms with Gasteiger partial charge in [0.05, 0.1) is 11.4 Å². The lowest BCUT2D eigenvalue weighted by molar-refractivity contribution is 0.523. The molecule has 1 heterocycles. The van der Waals surface area contributed by atoms with E-state index in [4.69, 9.17) is 10.7 Å². The number of hydrogen-bond donors (Lipinski definition) is 0.